The van der Waals surface area contributed by atoms with Gasteiger partial charge in [-0.2, -0.15) is 0 Å². The van der Waals surface area contributed by atoms with Gasteiger partial charge in [0.25, 0.3) is 0 Å². The van der Waals surface area contributed by atoms with Crippen LogP contribution in [0.5, 0.6) is 11.5 Å². The van der Waals surface area contributed by atoms with Crippen molar-refractivity contribution < 1.29 is 9.47 Å². The Hall–Kier alpha value is -1.22. The summed E-state index contributed by atoms with van der Waals surface area (Å²) in [5.41, 5.74) is 2.82. The van der Waals surface area contributed by atoms with Crippen molar-refractivity contribution in [1.29, 1.82) is 0 Å². The first-order valence-corrected chi connectivity index (χ1v) is 6.32. The lowest BCUT2D eigenvalue weighted by atomic mass is 9.79. The van der Waals surface area contributed by atoms with E-state index in [-0.39, 0.29) is 0 Å². The van der Waals surface area contributed by atoms with Crippen molar-refractivity contribution in [2.24, 2.45) is 0 Å². The lowest BCUT2D eigenvalue weighted by molar-refractivity contribution is 0.346. The molecule has 1 unspecified atom stereocenters. The molecule has 0 amide bonds. The maximum atomic E-state index is 5.54. The number of rotatable bonds is 2. The summed E-state index contributed by atoms with van der Waals surface area (Å²) in [6, 6.07) is 4.93. The normalized spacial score (nSPS) is 26.2. The number of fused-ring (bicyclic) bond motifs is 3. The number of benzene rings is 1. The highest BCUT2D eigenvalue weighted by Crippen LogP contribution is 2.44. The third-order valence-corrected chi connectivity index (χ3v) is 4.14. The van der Waals surface area contributed by atoms with E-state index in [0.29, 0.717) is 12.0 Å². The van der Waals surface area contributed by atoms with Crippen molar-refractivity contribution in [1.82, 2.24) is 5.32 Å². The molecule has 0 radical (unpaired) electrons. The van der Waals surface area contributed by atoms with Crippen LogP contribution in [-0.2, 0) is 6.42 Å². The van der Waals surface area contributed by atoms with Crippen LogP contribution in [-0.4, -0.2) is 26.8 Å². The fourth-order valence-corrected chi connectivity index (χ4v) is 3.35. The van der Waals surface area contributed by atoms with E-state index in [2.05, 4.69) is 11.4 Å². The van der Waals surface area contributed by atoms with Crippen molar-refractivity contribution in [2.75, 3.05) is 20.8 Å². The van der Waals surface area contributed by atoms with E-state index < -0.39 is 0 Å². The molecule has 1 heterocycles. The Morgan fingerprint density at radius 1 is 1.18 bits per heavy atom. The Kier molecular flexibility index (Phi) is 2.71. The Morgan fingerprint density at radius 3 is 2.82 bits per heavy atom. The molecule has 1 aromatic rings. The molecule has 0 spiro atoms. The first-order valence-electron chi connectivity index (χ1n) is 6.32. The Bertz CT molecular complexity index is 430. The molecule has 0 bridgehead atoms. The molecule has 0 saturated carbocycles. The highest BCUT2D eigenvalue weighted by molar-refractivity contribution is 5.53. The molecule has 1 aliphatic heterocycles. The Morgan fingerprint density at radius 2 is 2.06 bits per heavy atom. The topological polar surface area (TPSA) is 30.5 Å². The van der Waals surface area contributed by atoms with Gasteiger partial charge < -0.3 is 14.8 Å². The van der Waals surface area contributed by atoms with Crippen molar-refractivity contribution in [3.05, 3.63) is 23.3 Å². The van der Waals surface area contributed by atoms with E-state index in [1.54, 1.807) is 14.2 Å². The summed E-state index contributed by atoms with van der Waals surface area (Å²) in [7, 11) is 3.43. The summed E-state index contributed by atoms with van der Waals surface area (Å²) < 4.78 is 10.9. The molecule has 17 heavy (non-hydrogen) atoms. The smallest absolute Gasteiger partial charge is 0.164 e. The maximum Gasteiger partial charge on any atom is 0.164 e. The van der Waals surface area contributed by atoms with Crippen LogP contribution < -0.4 is 14.8 Å². The molecule has 3 rings (SSSR count). The van der Waals surface area contributed by atoms with Gasteiger partial charge in [0.2, 0.25) is 0 Å². The third-order valence-electron chi connectivity index (χ3n) is 4.14. The molecule has 1 aromatic carbocycles. The molecule has 1 aliphatic carbocycles. The quantitative estimate of drug-likeness (QED) is 0.848. The zero-order chi connectivity index (χ0) is 11.8. The highest BCUT2D eigenvalue weighted by Gasteiger charge is 2.34. The first kappa shape index (κ1) is 10.9. The molecule has 2 atom stereocenters. The molecule has 1 N–H and O–H groups in total. The minimum atomic E-state index is 0.665. The van der Waals surface area contributed by atoms with E-state index in [9.17, 15) is 0 Å². The average Bonchev–Trinajstić information content (AvgIpc) is 2.85. The molecule has 0 aromatic heterocycles. The molecule has 3 nitrogen and oxygen atoms in total. The van der Waals surface area contributed by atoms with Gasteiger partial charge in [0.05, 0.1) is 14.2 Å². The molecular weight excluding hydrogens is 214 g/mol. The molecule has 1 fully saturated rings. The zero-order valence-electron chi connectivity index (χ0n) is 10.5. The molecule has 1 saturated heterocycles. The van der Waals surface area contributed by atoms with Gasteiger partial charge in [-0.05, 0) is 37.4 Å². The van der Waals surface area contributed by atoms with E-state index >= 15 is 0 Å². The summed E-state index contributed by atoms with van der Waals surface area (Å²) >= 11 is 0. The number of hydrogen-bond donors (Lipinski definition) is 1. The second kappa shape index (κ2) is 4.22. The van der Waals surface area contributed by atoms with E-state index in [1.165, 1.54) is 24.0 Å². The van der Waals surface area contributed by atoms with Gasteiger partial charge in [-0.1, -0.05) is 6.07 Å². The summed E-state index contributed by atoms with van der Waals surface area (Å²) in [4.78, 5) is 0. The highest BCUT2D eigenvalue weighted by atomic mass is 16.5. The van der Waals surface area contributed by atoms with Crippen LogP contribution >= 0.6 is 0 Å². The van der Waals surface area contributed by atoms with Crippen LogP contribution in [0.3, 0.4) is 0 Å². The van der Waals surface area contributed by atoms with Crippen LogP contribution in [0.15, 0.2) is 12.1 Å². The van der Waals surface area contributed by atoms with Crippen LogP contribution in [0, 0.1) is 0 Å². The summed E-state index contributed by atoms with van der Waals surface area (Å²) in [5.74, 6) is 2.46. The number of methoxy groups -OCH3 is 2. The van der Waals surface area contributed by atoms with Gasteiger partial charge in [-0.3, -0.25) is 0 Å². The standard InChI is InChI=1S/C14H19NO2/c1-16-13-6-4-9-10-7-8-15-12(10)5-3-11(9)14(13)17-2/h4,6,10,12,15H,3,5,7-8H2,1-2H3/t10-,12?/m1/s1. The van der Waals surface area contributed by atoms with E-state index in [4.69, 9.17) is 9.47 Å². The van der Waals surface area contributed by atoms with Crippen molar-refractivity contribution >= 4 is 0 Å². The third kappa shape index (κ3) is 1.61. The van der Waals surface area contributed by atoms with Gasteiger partial charge in [0.15, 0.2) is 11.5 Å². The Labute approximate surface area is 102 Å². The van der Waals surface area contributed by atoms with Gasteiger partial charge in [0, 0.05) is 17.5 Å². The summed E-state index contributed by atoms with van der Waals surface area (Å²) in [6.07, 6.45) is 3.54. The average molecular weight is 233 g/mol. The number of hydrogen-bond acceptors (Lipinski definition) is 3. The lowest BCUT2D eigenvalue weighted by Gasteiger charge is -2.29. The second-order valence-electron chi connectivity index (χ2n) is 4.86. The van der Waals surface area contributed by atoms with Crippen molar-refractivity contribution in [2.45, 2.75) is 31.2 Å². The van der Waals surface area contributed by atoms with Gasteiger partial charge in [-0.15, -0.1) is 0 Å². The monoisotopic (exact) mass is 233 g/mol. The van der Waals surface area contributed by atoms with Crippen LogP contribution in [0.4, 0.5) is 0 Å². The molecular formula is C14H19NO2. The molecule has 2 aliphatic rings. The van der Waals surface area contributed by atoms with Gasteiger partial charge in [-0.25, -0.2) is 0 Å². The Balaban J connectivity index is 2.09. The van der Waals surface area contributed by atoms with Gasteiger partial charge >= 0.3 is 0 Å². The predicted octanol–water partition coefficient (Wildman–Crippen LogP) is 2.10. The number of ether oxygens (including phenoxy) is 2. The van der Waals surface area contributed by atoms with Gasteiger partial charge in [0.1, 0.15) is 0 Å². The van der Waals surface area contributed by atoms with E-state index in [1.807, 2.05) is 6.07 Å². The first-order chi connectivity index (χ1) is 8.35. The fraction of sp³-hybridized carbons (Fsp3) is 0.571. The second-order valence-corrected chi connectivity index (χ2v) is 4.86. The SMILES string of the molecule is COc1ccc2c(c1OC)CCC1NCC[C@H]21. The summed E-state index contributed by atoms with van der Waals surface area (Å²) in [6.45, 7) is 1.14. The van der Waals surface area contributed by atoms with Crippen molar-refractivity contribution in [3.63, 3.8) is 0 Å². The predicted molar refractivity (Wildman–Crippen MR) is 67.0 cm³/mol. The zero-order valence-corrected chi connectivity index (χ0v) is 10.5. The molecule has 3 heteroatoms. The minimum Gasteiger partial charge on any atom is -0.493 e. The maximum absolute atomic E-state index is 5.54. The van der Waals surface area contributed by atoms with Crippen LogP contribution in [0.2, 0.25) is 0 Å². The van der Waals surface area contributed by atoms with Crippen LogP contribution in [0.25, 0.3) is 0 Å². The van der Waals surface area contributed by atoms with Crippen LogP contribution in [0.1, 0.15) is 29.9 Å². The number of nitrogens with one attached hydrogen (secondary N) is 1. The largest absolute Gasteiger partial charge is 0.493 e. The fourth-order valence-electron chi connectivity index (χ4n) is 3.35. The summed E-state index contributed by atoms with van der Waals surface area (Å²) in [5, 5.41) is 3.59. The van der Waals surface area contributed by atoms with Crippen molar-refractivity contribution in [3.8, 4) is 11.5 Å². The van der Waals surface area contributed by atoms with E-state index in [0.717, 1.165) is 24.5 Å². The lowest BCUT2D eigenvalue weighted by Crippen LogP contribution is -2.30. The molecule has 92 valence electrons. The minimum absolute atomic E-state index is 0.665.